The molecule has 0 amide bonds. The van der Waals surface area contributed by atoms with Crippen LogP contribution in [0.1, 0.15) is 11.0 Å². The first-order valence-electron chi connectivity index (χ1n) is 9.60. The predicted molar refractivity (Wildman–Crippen MR) is 82.6 cm³/mol. The minimum absolute atomic E-state index is 0.0911. The van der Waals surface area contributed by atoms with Crippen LogP contribution < -0.4 is 0 Å². The van der Waals surface area contributed by atoms with Crippen molar-refractivity contribution in [2.45, 2.75) is 0 Å². The SMILES string of the molecule is [2H]c1nc(-c2cccc3c2sc2c([2H])c([2H])c([2H])c([2H])c23)c([2H])c([2H])c1[2H]. The van der Waals surface area contributed by atoms with Crippen LogP contribution in [0.2, 0.25) is 0 Å². The van der Waals surface area contributed by atoms with E-state index in [0.29, 0.717) is 25.7 Å². The fourth-order valence-electron chi connectivity index (χ4n) is 2.06. The lowest BCUT2D eigenvalue weighted by molar-refractivity contribution is 1.33. The van der Waals surface area contributed by atoms with E-state index in [4.69, 9.17) is 11.0 Å². The Bertz CT molecular complexity index is 1260. The zero-order chi connectivity index (χ0) is 19.6. The Morgan fingerprint density at radius 2 is 1.84 bits per heavy atom. The van der Waals surface area contributed by atoms with Gasteiger partial charge in [-0.2, -0.15) is 0 Å². The van der Waals surface area contributed by atoms with Crippen LogP contribution in [0.4, 0.5) is 0 Å². The van der Waals surface area contributed by atoms with Crippen LogP contribution >= 0.6 is 11.3 Å². The third kappa shape index (κ3) is 1.65. The number of hydrogen-bond donors (Lipinski definition) is 0. The Balaban J connectivity index is 2.17. The number of nitrogens with zero attached hydrogens (tertiary/aromatic N) is 1. The molecular formula is C17H11NS. The van der Waals surface area contributed by atoms with E-state index in [1.165, 1.54) is 11.3 Å². The molecule has 90 valence electrons. The number of aromatic nitrogens is 1. The molecule has 19 heavy (non-hydrogen) atoms. The summed E-state index contributed by atoms with van der Waals surface area (Å²) >= 11 is 1.17. The second kappa shape index (κ2) is 4.18. The van der Waals surface area contributed by atoms with Gasteiger partial charge in [0.05, 0.1) is 16.7 Å². The van der Waals surface area contributed by atoms with Gasteiger partial charge >= 0.3 is 0 Å². The molecule has 2 heteroatoms. The number of rotatable bonds is 1. The minimum atomic E-state index is -0.410. The van der Waals surface area contributed by atoms with Crippen LogP contribution in [-0.2, 0) is 0 Å². The Morgan fingerprint density at radius 3 is 2.84 bits per heavy atom. The molecular weight excluding hydrogens is 250 g/mol. The van der Waals surface area contributed by atoms with Gasteiger partial charge in [0.25, 0.3) is 0 Å². The highest BCUT2D eigenvalue weighted by atomic mass is 32.1. The number of fused-ring (bicyclic) bond motifs is 3. The van der Waals surface area contributed by atoms with Crippen LogP contribution in [0.25, 0.3) is 31.4 Å². The molecule has 2 aromatic heterocycles. The minimum Gasteiger partial charge on any atom is -0.256 e. The van der Waals surface area contributed by atoms with Crippen molar-refractivity contribution in [3.63, 3.8) is 0 Å². The van der Waals surface area contributed by atoms with E-state index in [1.807, 2.05) is 0 Å². The van der Waals surface area contributed by atoms with Crippen molar-refractivity contribution >= 4 is 31.5 Å². The number of pyridine rings is 1. The van der Waals surface area contributed by atoms with Gasteiger partial charge in [-0.25, -0.2) is 0 Å². The molecule has 0 bridgehead atoms. The number of thiophene rings is 1. The van der Waals surface area contributed by atoms with Gasteiger partial charge in [0.2, 0.25) is 0 Å². The van der Waals surface area contributed by atoms with Gasteiger partial charge in [0.15, 0.2) is 0 Å². The molecule has 0 saturated heterocycles. The molecule has 4 aromatic rings. The van der Waals surface area contributed by atoms with Crippen molar-refractivity contribution in [3.8, 4) is 11.3 Å². The third-order valence-electron chi connectivity index (χ3n) is 2.86. The van der Waals surface area contributed by atoms with E-state index in [-0.39, 0.29) is 41.9 Å². The zero-order valence-corrected chi connectivity index (χ0v) is 10.4. The third-order valence-corrected chi connectivity index (χ3v) is 4.02. The summed E-state index contributed by atoms with van der Waals surface area (Å²) in [5.74, 6) is 0. The predicted octanol–water partition coefficient (Wildman–Crippen LogP) is 5.12. The van der Waals surface area contributed by atoms with Gasteiger partial charge in [0.1, 0.15) is 0 Å². The zero-order valence-electron chi connectivity index (χ0n) is 17.6. The highest BCUT2D eigenvalue weighted by molar-refractivity contribution is 7.26. The van der Waals surface area contributed by atoms with Crippen LogP contribution in [-0.4, -0.2) is 4.98 Å². The van der Waals surface area contributed by atoms with Gasteiger partial charge in [-0.3, -0.25) is 4.98 Å². The summed E-state index contributed by atoms with van der Waals surface area (Å²) in [5, 5.41) is 1.01. The van der Waals surface area contributed by atoms with E-state index in [9.17, 15) is 0 Å². The first kappa shape index (κ1) is 5.43. The highest BCUT2D eigenvalue weighted by Crippen LogP contribution is 2.38. The van der Waals surface area contributed by atoms with Crippen LogP contribution in [0, 0.1) is 0 Å². The highest BCUT2D eigenvalue weighted by Gasteiger charge is 2.09. The standard InChI is InChI=1S/C17H11NS/c1-2-10-16-12(6-1)13-7-5-8-14(17(13)19-16)15-9-3-4-11-18-15/h1-11H/i1D,2D,3D,4D,6D,9D,10D,11D. The lowest BCUT2D eigenvalue weighted by Gasteiger charge is -2.01. The molecule has 0 aliphatic rings. The van der Waals surface area contributed by atoms with E-state index < -0.39 is 12.2 Å². The summed E-state index contributed by atoms with van der Waals surface area (Å²) in [6.45, 7) is 0. The largest absolute Gasteiger partial charge is 0.256 e. The van der Waals surface area contributed by atoms with E-state index in [1.54, 1.807) is 18.2 Å². The van der Waals surface area contributed by atoms with Crippen molar-refractivity contribution < 1.29 is 11.0 Å². The van der Waals surface area contributed by atoms with Crippen molar-refractivity contribution in [3.05, 3.63) is 66.7 Å². The van der Waals surface area contributed by atoms with Crippen molar-refractivity contribution in [2.24, 2.45) is 0 Å². The van der Waals surface area contributed by atoms with Gasteiger partial charge < -0.3 is 0 Å². The lowest BCUT2D eigenvalue weighted by Crippen LogP contribution is -1.81. The van der Waals surface area contributed by atoms with Crippen LogP contribution in [0.5, 0.6) is 0 Å². The summed E-state index contributed by atoms with van der Waals surface area (Å²) in [6, 6.07) is 3.19. The maximum Gasteiger partial charge on any atom is 0.0840 e. The van der Waals surface area contributed by atoms with E-state index >= 15 is 0 Å². The van der Waals surface area contributed by atoms with Crippen LogP contribution in [0.3, 0.4) is 0 Å². The van der Waals surface area contributed by atoms with Crippen molar-refractivity contribution in [2.75, 3.05) is 0 Å². The van der Waals surface area contributed by atoms with Crippen molar-refractivity contribution in [1.82, 2.24) is 4.98 Å². The maximum atomic E-state index is 8.22. The normalized spacial score (nSPS) is 17.1. The molecule has 0 atom stereocenters. The molecule has 4 rings (SSSR count). The Hall–Kier alpha value is -2.19. The molecule has 0 radical (unpaired) electrons. The first-order chi connectivity index (χ1) is 12.7. The molecule has 2 aromatic carbocycles. The average Bonchev–Trinajstić information content (AvgIpc) is 3.05. The molecule has 0 saturated carbocycles. The smallest absolute Gasteiger partial charge is 0.0840 e. The van der Waals surface area contributed by atoms with Gasteiger partial charge in [-0.05, 0) is 18.1 Å². The second-order valence-corrected chi connectivity index (χ2v) is 4.96. The van der Waals surface area contributed by atoms with E-state index in [2.05, 4.69) is 4.98 Å². The Labute approximate surface area is 126 Å². The topological polar surface area (TPSA) is 12.9 Å². The monoisotopic (exact) mass is 269 g/mol. The molecule has 2 heterocycles. The summed E-state index contributed by atoms with van der Waals surface area (Å²) in [7, 11) is 0. The van der Waals surface area contributed by atoms with Gasteiger partial charge in [0, 0.05) is 31.9 Å². The summed E-state index contributed by atoms with van der Waals surface area (Å²) in [6.07, 6.45) is -0.395. The van der Waals surface area contributed by atoms with Gasteiger partial charge in [-0.1, -0.05) is 42.4 Å². The fraction of sp³-hybridized carbons (Fsp3) is 0. The quantitative estimate of drug-likeness (QED) is 0.467. The molecule has 0 aliphatic carbocycles. The first-order valence-corrected chi connectivity index (χ1v) is 6.42. The average molecular weight is 269 g/mol. The van der Waals surface area contributed by atoms with Gasteiger partial charge in [-0.15, -0.1) is 11.3 Å². The summed E-state index contributed by atoms with van der Waals surface area (Å²) in [4.78, 5) is 4.01. The Morgan fingerprint density at radius 1 is 0.947 bits per heavy atom. The molecule has 0 unspecified atom stereocenters. The lowest BCUT2D eigenvalue weighted by atomic mass is 10.1. The molecule has 0 spiro atoms. The molecule has 0 N–H and O–H groups in total. The van der Waals surface area contributed by atoms with Crippen molar-refractivity contribution in [1.29, 1.82) is 0 Å². The Kier molecular flexibility index (Phi) is 1.19. The van der Waals surface area contributed by atoms with Crippen LogP contribution in [0.15, 0.2) is 66.7 Å². The summed E-state index contributed by atoms with van der Waals surface area (Å²) in [5.41, 5.74) is 0.561. The van der Waals surface area contributed by atoms with E-state index in [0.717, 1.165) is 0 Å². The fourth-order valence-corrected chi connectivity index (χ4v) is 3.18. The number of benzene rings is 2. The number of hydrogen-bond acceptors (Lipinski definition) is 2. The molecule has 0 fully saturated rings. The second-order valence-electron chi connectivity index (χ2n) is 3.94. The molecule has 1 nitrogen and oxygen atoms in total. The maximum absolute atomic E-state index is 8.22. The summed E-state index contributed by atoms with van der Waals surface area (Å²) < 4.78 is 64.6. The molecule has 0 aliphatic heterocycles.